The minimum absolute atomic E-state index is 0.0655. The Bertz CT molecular complexity index is 648. The van der Waals surface area contributed by atoms with Gasteiger partial charge < -0.3 is 14.5 Å². The van der Waals surface area contributed by atoms with Gasteiger partial charge in [-0.05, 0) is 31.2 Å². The molecule has 1 amide bonds. The summed E-state index contributed by atoms with van der Waals surface area (Å²) in [7, 11) is 1.62. The normalized spacial score (nSPS) is 15.0. The maximum Gasteiger partial charge on any atom is 0.253 e. The number of benzene rings is 1. The van der Waals surface area contributed by atoms with E-state index in [9.17, 15) is 4.79 Å². The number of anilines is 1. The number of ether oxygens (including phenoxy) is 1. The maximum absolute atomic E-state index is 12.5. The van der Waals surface area contributed by atoms with Crippen LogP contribution in [0, 0.1) is 6.92 Å². The lowest BCUT2D eigenvalue weighted by Crippen LogP contribution is -2.48. The van der Waals surface area contributed by atoms with E-state index in [-0.39, 0.29) is 5.91 Å². The highest BCUT2D eigenvalue weighted by Crippen LogP contribution is 2.21. The van der Waals surface area contributed by atoms with E-state index in [1.165, 1.54) is 0 Å². The number of hydrogen-bond donors (Lipinski definition) is 0. The van der Waals surface area contributed by atoms with E-state index in [0.717, 1.165) is 29.0 Å². The number of hydrogen-bond acceptors (Lipinski definition) is 6. The lowest BCUT2D eigenvalue weighted by Gasteiger charge is -2.34. The predicted octanol–water partition coefficient (Wildman–Crippen LogP) is 1.82. The maximum atomic E-state index is 12.5. The van der Waals surface area contributed by atoms with Crippen molar-refractivity contribution in [2.75, 3.05) is 38.2 Å². The number of aryl methyl sites for hydroxylation is 1. The van der Waals surface area contributed by atoms with Crippen LogP contribution in [0.4, 0.5) is 5.13 Å². The molecule has 0 aliphatic carbocycles. The van der Waals surface area contributed by atoms with Crippen LogP contribution in [-0.2, 0) is 0 Å². The Morgan fingerprint density at radius 2 is 1.82 bits per heavy atom. The fraction of sp³-hybridized carbons (Fsp3) is 0.400. The Labute approximate surface area is 133 Å². The van der Waals surface area contributed by atoms with Crippen molar-refractivity contribution in [3.8, 4) is 5.75 Å². The molecule has 116 valence electrons. The van der Waals surface area contributed by atoms with Gasteiger partial charge in [-0.25, -0.2) is 0 Å². The van der Waals surface area contributed by atoms with Crippen LogP contribution in [0.15, 0.2) is 24.3 Å². The summed E-state index contributed by atoms with van der Waals surface area (Å²) in [5, 5.41) is 10.1. The summed E-state index contributed by atoms with van der Waals surface area (Å²) >= 11 is 1.59. The van der Waals surface area contributed by atoms with E-state index < -0.39 is 0 Å². The first kappa shape index (κ1) is 14.8. The molecule has 1 aliphatic rings. The number of amides is 1. The highest BCUT2D eigenvalue weighted by atomic mass is 32.1. The highest BCUT2D eigenvalue weighted by Gasteiger charge is 2.23. The molecule has 1 aromatic carbocycles. The molecule has 1 aromatic heterocycles. The van der Waals surface area contributed by atoms with Crippen LogP contribution in [0.1, 0.15) is 15.4 Å². The van der Waals surface area contributed by atoms with Crippen LogP contribution < -0.4 is 9.64 Å². The average molecular weight is 318 g/mol. The van der Waals surface area contributed by atoms with Gasteiger partial charge in [0.15, 0.2) is 0 Å². The fourth-order valence-electron chi connectivity index (χ4n) is 2.43. The minimum Gasteiger partial charge on any atom is -0.497 e. The van der Waals surface area contributed by atoms with Crippen LogP contribution in [0.5, 0.6) is 5.75 Å². The molecule has 0 bridgehead atoms. The zero-order valence-corrected chi connectivity index (χ0v) is 13.5. The SMILES string of the molecule is COc1ccc(C(=O)N2CCN(c3nnc(C)s3)CC2)cc1. The van der Waals surface area contributed by atoms with Crippen LogP contribution >= 0.6 is 11.3 Å². The van der Waals surface area contributed by atoms with Crippen molar-refractivity contribution in [1.29, 1.82) is 0 Å². The largest absolute Gasteiger partial charge is 0.497 e. The number of carbonyl (C=O) groups excluding carboxylic acids is 1. The topological polar surface area (TPSA) is 58.6 Å². The van der Waals surface area contributed by atoms with E-state index in [1.54, 1.807) is 18.4 Å². The smallest absolute Gasteiger partial charge is 0.253 e. The van der Waals surface area contributed by atoms with Crippen molar-refractivity contribution >= 4 is 22.4 Å². The summed E-state index contributed by atoms with van der Waals surface area (Å²) in [6.07, 6.45) is 0. The highest BCUT2D eigenvalue weighted by molar-refractivity contribution is 7.15. The molecule has 6 nitrogen and oxygen atoms in total. The lowest BCUT2D eigenvalue weighted by molar-refractivity contribution is 0.0746. The molecule has 2 heterocycles. The first-order chi connectivity index (χ1) is 10.7. The molecule has 0 saturated carbocycles. The molecule has 1 saturated heterocycles. The van der Waals surface area contributed by atoms with E-state index in [1.807, 2.05) is 36.1 Å². The second-order valence-corrected chi connectivity index (χ2v) is 6.27. The van der Waals surface area contributed by atoms with Gasteiger partial charge in [0.2, 0.25) is 5.13 Å². The summed E-state index contributed by atoms with van der Waals surface area (Å²) in [5.41, 5.74) is 0.695. The molecule has 0 atom stereocenters. The summed E-state index contributed by atoms with van der Waals surface area (Å²) in [4.78, 5) is 16.6. The third-order valence-electron chi connectivity index (χ3n) is 3.69. The van der Waals surface area contributed by atoms with Crippen molar-refractivity contribution < 1.29 is 9.53 Å². The monoisotopic (exact) mass is 318 g/mol. The minimum atomic E-state index is 0.0655. The number of rotatable bonds is 3. The molecular formula is C15H18N4O2S. The second-order valence-electron chi connectivity index (χ2n) is 5.11. The van der Waals surface area contributed by atoms with Crippen molar-refractivity contribution in [1.82, 2.24) is 15.1 Å². The van der Waals surface area contributed by atoms with Gasteiger partial charge in [0.25, 0.3) is 5.91 Å². The number of methoxy groups -OCH3 is 1. The predicted molar refractivity (Wildman–Crippen MR) is 85.8 cm³/mol. The Morgan fingerprint density at radius 1 is 1.14 bits per heavy atom. The molecule has 7 heteroatoms. The molecular weight excluding hydrogens is 300 g/mol. The average Bonchev–Trinajstić information content (AvgIpc) is 3.01. The van der Waals surface area contributed by atoms with Crippen LogP contribution in [0.25, 0.3) is 0 Å². The summed E-state index contributed by atoms with van der Waals surface area (Å²) in [6.45, 7) is 4.92. The van der Waals surface area contributed by atoms with Crippen LogP contribution in [0.3, 0.4) is 0 Å². The lowest BCUT2D eigenvalue weighted by atomic mass is 10.1. The Balaban J connectivity index is 1.61. The van der Waals surface area contributed by atoms with Gasteiger partial charge >= 0.3 is 0 Å². The van der Waals surface area contributed by atoms with Gasteiger partial charge in [-0.1, -0.05) is 11.3 Å². The number of piperazine rings is 1. The zero-order chi connectivity index (χ0) is 15.5. The fourth-order valence-corrected chi connectivity index (χ4v) is 3.17. The van der Waals surface area contributed by atoms with E-state index in [2.05, 4.69) is 15.1 Å². The summed E-state index contributed by atoms with van der Waals surface area (Å²) < 4.78 is 5.12. The number of nitrogens with zero attached hydrogens (tertiary/aromatic N) is 4. The zero-order valence-electron chi connectivity index (χ0n) is 12.7. The van der Waals surface area contributed by atoms with Crippen LogP contribution in [0.2, 0.25) is 0 Å². The number of carbonyl (C=O) groups is 1. The van der Waals surface area contributed by atoms with Crippen LogP contribution in [-0.4, -0.2) is 54.3 Å². The summed E-state index contributed by atoms with van der Waals surface area (Å²) in [5.74, 6) is 0.823. The first-order valence-electron chi connectivity index (χ1n) is 7.16. The Morgan fingerprint density at radius 3 is 2.36 bits per heavy atom. The standard InChI is InChI=1S/C15H18N4O2S/c1-11-16-17-15(22-11)19-9-7-18(8-10-19)14(20)12-3-5-13(21-2)6-4-12/h3-6H,7-10H2,1-2H3. The Kier molecular flexibility index (Phi) is 4.24. The van der Waals surface area contributed by atoms with E-state index in [0.29, 0.717) is 18.7 Å². The van der Waals surface area contributed by atoms with Gasteiger partial charge in [0.05, 0.1) is 7.11 Å². The van der Waals surface area contributed by atoms with Gasteiger partial charge in [-0.15, -0.1) is 10.2 Å². The quantitative estimate of drug-likeness (QED) is 0.864. The molecule has 2 aromatic rings. The number of aromatic nitrogens is 2. The molecule has 0 spiro atoms. The van der Waals surface area contributed by atoms with Gasteiger partial charge in [0.1, 0.15) is 10.8 Å². The van der Waals surface area contributed by atoms with E-state index >= 15 is 0 Å². The second kappa shape index (κ2) is 6.31. The molecule has 0 unspecified atom stereocenters. The van der Waals surface area contributed by atoms with Gasteiger partial charge in [0, 0.05) is 31.7 Å². The van der Waals surface area contributed by atoms with Gasteiger partial charge in [-0.3, -0.25) is 4.79 Å². The van der Waals surface area contributed by atoms with Crippen molar-refractivity contribution in [3.05, 3.63) is 34.8 Å². The third-order valence-corrected chi connectivity index (χ3v) is 4.59. The molecule has 22 heavy (non-hydrogen) atoms. The molecule has 3 rings (SSSR count). The summed E-state index contributed by atoms with van der Waals surface area (Å²) in [6, 6.07) is 7.24. The first-order valence-corrected chi connectivity index (χ1v) is 7.97. The van der Waals surface area contributed by atoms with Gasteiger partial charge in [-0.2, -0.15) is 0 Å². The molecule has 1 aliphatic heterocycles. The molecule has 0 N–H and O–H groups in total. The Hall–Kier alpha value is -2.15. The van der Waals surface area contributed by atoms with Crippen molar-refractivity contribution in [2.24, 2.45) is 0 Å². The molecule has 0 radical (unpaired) electrons. The third kappa shape index (κ3) is 3.04. The van der Waals surface area contributed by atoms with Crippen molar-refractivity contribution in [2.45, 2.75) is 6.92 Å². The van der Waals surface area contributed by atoms with Crippen molar-refractivity contribution in [3.63, 3.8) is 0 Å². The molecule has 1 fully saturated rings. The van der Waals surface area contributed by atoms with E-state index in [4.69, 9.17) is 4.74 Å².